The van der Waals surface area contributed by atoms with Crippen LogP contribution in [0.15, 0.2) is 52.2 Å². The van der Waals surface area contributed by atoms with E-state index in [0.29, 0.717) is 13.1 Å². The predicted octanol–water partition coefficient (Wildman–Crippen LogP) is -0.216. The van der Waals surface area contributed by atoms with Gasteiger partial charge in [0.15, 0.2) is 0 Å². The monoisotopic (exact) mass is 330 g/mol. The normalized spacial score (nSPS) is 10.5. The summed E-state index contributed by atoms with van der Waals surface area (Å²) in [4.78, 5) is 36.3. The topological polar surface area (TPSA) is 85.1 Å². The third-order valence-electron chi connectivity index (χ3n) is 3.56. The van der Waals surface area contributed by atoms with Crippen LogP contribution in [0.2, 0.25) is 0 Å². The van der Waals surface area contributed by atoms with Crippen molar-refractivity contribution in [3.05, 3.63) is 69.0 Å². The van der Waals surface area contributed by atoms with Crippen LogP contribution in [0.1, 0.15) is 12.0 Å². The lowest BCUT2D eigenvalue weighted by molar-refractivity contribution is -0.121. The van der Waals surface area contributed by atoms with E-state index in [9.17, 15) is 14.4 Å². The second-order valence-electron chi connectivity index (χ2n) is 5.44. The fourth-order valence-corrected chi connectivity index (χ4v) is 2.30. The molecule has 0 radical (unpaired) electrons. The summed E-state index contributed by atoms with van der Waals surface area (Å²) >= 11 is 0. The van der Waals surface area contributed by atoms with Crippen LogP contribution in [0, 0.1) is 0 Å². The van der Waals surface area contributed by atoms with E-state index >= 15 is 0 Å². The number of amides is 1. The SMILES string of the molecule is CNCCCNC(=O)Cn1c(=O)ccn(Cc2ccccc2)c1=O. The summed E-state index contributed by atoms with van der Waals surface area (Å²) in [5.41, 5.74) is -0.0206. The van der Waals surface area contributed by atoms with E-state index in [1.54, 1.807) is 0 Å². The lowest BCUT2D eigenvalue weighted by Gasteiger charge is -2.10. The summed E-state index contributed by atoms with van der Waals surface area (Å²) in [6, 6.07) is 10.8. The first-order chi connectivity index (χ1) is 11.6. The third kappa shape index (κ3) is 4.92. The van der Waals surface area contributed by atoms with E-state index in [1.165, 1.54) is 16.8 Å². The number of nitrogens with zero attached hydrogens (tertiary/aromatic N) is 2. The number of nitrogens with one attached hydrogen (secondary N) is 2. The molecule has 0 bridgehead atoms. The zero-order valence-electron chi connectivity index (χ0n) is 13.7. The van der Waals surface area contributed by atoms with Crippen LogP contribution >= 0.6 is 0 Å². The van der Waals surface area contributed by atoms with E-state index in [4.69, 9.17) is 0 Å². The first-order valence-corrected chi connectivity index (χ1v) is 7.87. The lowest BCUT2D eigenvalue weighted by Crippen LogP contribution is -2.43. The maximum absolute atomic E-state index is 12.4. The van der Waals surface area contributed by atoms with E-state index < -0.39 is 11.2 Å². The Bertz CT molecular complexity index is 780. The Morgan fingerprint density at radius 3 is 2.54 bits per heavy atom. The van der Waals surface area contributed by atoms with Crippen molar-refractivity contribution >= 4 is 5.91 Å². The van der Waals surface area contributed by atoms with Gasteiger partial charge in [0.25, 0.3) is 5.56 Å². The highest BCUT2D eigenvalue weighted by Crippen LogP contribution is 1.99. The van der Waals surface area contributed by atoms with E-state index in [-0.39, 0.29) is 12.5 Å². The molecule has 2 aromatic rings. The molecule has 0 saturated carbocycles. The van der Waals surface area contributed by atoms with Crippen molar-refractivity contribution in [1.82, 2.24) is 19.8 Å². The number of hydrogen-bond acceptors (Lipinski definition) is 4. The van der Waals surface area contributed by atoms with Gasteiger partial charge in [0.1, 0.15) is 6.54 Å². The molecule has 0 spiro atoms. The van der Waals surface area contributed by atoms with Gasteiger partial charge in [-0.15, -0.1) is 0 Å². The smallest absolute Gasteiger partial charge is 0.331 e. The Morgan fingerprint density at radius 1 is 1.08 bits per heavy atom. The minimum Gasteiger partial charge on any atom is -0.354 e. The molecule has 0 unspecified atom stereocenters. The number of aromatic nitrogens is 2. The lowest BCUT2D eigenvalue weighted by atomic mass is 10.2. The van der Waals surface area contributed by atoms with Crippen LogP contribution in [-0.4, -0.2) is 35.2 Å². The summed E-state index contributed by atoms with van der Waals surface area (Å²) in [6.07, 6.45) is 2.24. The average Bonchev–Trinajstić information content (AvgIpc) is 2.59. The van der Waals surface area contributed by atoms with Gasteiger partial charge in [0.2, 0.25) is 5.91 Å². The zero-order chi connectivity index (χ0) is 17.4. The molecule has 128 valence electrons. The highest BCUT2D eigenvalue weighted by molar-refractivity contribution is 5.75. The molecule has 2 N–H and O–H groups in total. The van der Waals surface area contributed by atoms with Crippen molar-refractivity contribution in [3.8, 4) is 0 Å². The van der Waals surface area contributed by atoms with Gasteiger partial charge < -0.3 is 10.6 Å². The maximum atomic E-state index is 12.4. The summed E-state index contributed by atoms with van der Waals surface area (Å²) in [7, 11) is 1.83. The second-order valence-corrected chi connectivity index (χ2v) is 5.44. The molecule has 0 saturated heterocycles. The largest absolute Gasteiger partial charge is 0.354 e. The van der Waals surface area contributed by atoms with Crippen molar-refractivity contribution < 1.29 is 4.79 Å². The van der Waals surface area contributed by atoms with E-state index in [2.05, 4.69) is 10.6 Å². The first kappa shape index (κ1) is 17.7. The van der Waals surface area contributed by atoms with Gasteiger partial charge in [0, 0.05) is 18.8 Å². The standard InChI is InChI=1S/C17H22N4O3/c1-18-9-5-10-19-15(22)13-21-16(23)8-11-20(17(21)24)12-14-6-3-2-4-7-14/h2-4,6-8,11,18H,5,9-10,12-13H2,1H3,(H,19,22). The van der Waals surface area contributed by atoms with Crippen LogP contribution in [0.3, 0.4) is 0 Å². The summed E-state index contributed by atoms with van der Waals surface area (Å²) in [5, 5.41) is 5.68. The minimum absolute atomic E-state index is 0.271. The van der Waals surface area contributed by atoms with Crippen LogP contribution in [0.25, 0.3) is 0 Å². The Labute approximate surface area is 139 Å². The van der Waals surface area contributed by atoms with Crippen molar-refractivity contribution in [2.75, 3.05) is 20.1 Å². The molecule has 0 atom stereocenters. The quantitative estimate of drug-likeness (QED) is 0.656. The van der Waals surface area contributed by atoms with E-state index in [0.717, 1.165) is 23.1 Å². The van der Waals surface area contributed by atoms with Crippen LogP contribution in [0.5, 0.6) is 0 Å². The maximum Gasteiger partial charge on any atom is 0.331 e. The number of carbonyl (C=O) groups excluding carboxylic acids is 1. The molecule has 0 aliphatic carbocycles. The molecular weight excluding hydrogens is 308 g/mol. The van der Waals surface area contributed by atoms with Crippen LogP contribution in [0.4, 0.5) is 0 Å². The molecule has 7 heteroatoms. The zero-order valence-corrected chi connectivity index (χ0v) is 13.7. The Morgan fingerprint density at radius 2 is 1.83 bits per heavy atom. The third-order valence-corrected chi connectivity index (χ3v) is 3.56. The molecule has 1 aromatic heterocycles. The van der Waals surface area contributed by atoms with Crippen LogP contribution < -0.4 is 21.9 Å². The van der Waals surface area contributed by atoms with Gasteiger partial charge in [-0.05, 0) is 25.6 Å². The van der Waals surface area contributed by atoms with Crippen molar-refractivity contribution in [3.63, 3.8) is 0 Å². The molecule has 0 aliphatic heterocycles. The van der Waals surface area contributed by atoms with Gasteiger partial charge in [-0.1, -0.05) is 30.3 Å². The van der Waals surface area contributed by atoms with Crippen molar-refractivity contribution in [2.24, 2.45) is 0 Å². The number of carbonyl (C=O) groups is 1. The molecule has 1 heterocycles. The average molecular weight is 330 g/mol. The highest BCUT2D eigenvalue weighted by atomic mass is 16.2. The van der Waals surface area contributed by atoms with Crippen molar-refractivity contribution in [1.29, 1.82) is 0 Å². The fraction of sp³-hybridized carbons (Fsp3) is 0.353. The summed E-state index contributed by atoms with van der Waals surface area (Å²) in [6.45, 7) is 1.37. The summed E-state index contributed by atoms with van der Waals surface area (Å²) in [5.74, 6) is -0.345. The molecular formula is C17H22N4O3. The molecule has 0 aliphatic rings. The summed E-state index contributed by atoms with van der Waals surface area (Å²) < 4.78 is 2.38. The van der Waals surface area contributed by atoms with Crippen LogP contribution in [-0.2, 0) is 17.9 Å². The highest BCUT2D eigenvalue weighted by Gasteiger charge is 2.10. The molecule has 7 nitrogen and oxygen atoms in total. The van der Waals surface area contributed by atoms with Gasteiger partial charge in [0.05, 0.1) is 6.54 Å². The minimum atomic E-state index is -0.489. The van der Waals surface area contributed by atoms with Gasteiger partial charge in [-0.3, -0.25) is 18.7 Å². The molecule has 24 heavy (non-hydrogen) atoms. The predicted molar refractivity (Wildman–Crippen MR) is 92.1 cm³/mol. The first-order valence-electron chi connectivity index (χ1n) is 7.87. The van der Waals surface area contributed by atoms with Crippen molar-refractivity contribution in [2.45, 2.75) is 19.5 Å². The van der Waals surface area contributed by atoms with E-state index in [1.807, 2.05) is 37.4 Å². The molecule has 2 rings (SSSR count). The Balaban J connectivity index is 2.10. The number of benzene rings is 1. The second kappa shape index (κ2) is 8.83. The molecule has 0 fully saturated rings. The fourth-order valence-electron chi connectivity index (χ4n) is 2.30. The Kier molecular flexibility index (Phi) is 6.51. The van der Waals surface area contributed by atoms with Gasteiger partial charge >= 0.3 is 5.69 Å². The molecule has 1 aromatic carbocycles. The Hall–Kier alpha value is -2.67. The van der Waals surface area contributed by atoms with Gasteiger partial charge in [-0.25, -0.2) is 4.79 Å². The van der Waals surface area contributed by atoms with Gasteiger partial charge in [-0.2, -0.15) is 0 Å². The number of hydrogen-bond donors (Lipinski definition) is 2. The number of rotatable bonds is 8. The molecule has 1 amide bonds.